The lowest BCUT2D eigenvalue weighted by atomic mass is 9.84. The van der Waals surface area contributed by atoms with E-state index in [9.17, 15) is 14.9 Å². The lowest BCUT2D eigenvalue weighted by molar-refractivity contribution is 0.361. The number of benzene rings is 2. The fraction of sp³-hybridized carbons (Fsp3) is 0.281. The average Bonchev–Trinajstić information content (AvgIpc) is 3.63. The number of methoxy groups -OCH3 is 1. The predicted octanol–water partition coefficient (Wildman–Crippen LogP) is 5.97. The van der Waals surface area contributed by atoms with Crippen LogP contribution >= 0.6 is 34.5 Å². The van der Waals surface area contributed by atoms with Crippen LogP contribution in [0.2, 0.25) is 10.0 Å². The number of aryl methyl sites for hydroxylation is 1. The molecular weight excluding hydrogens is 649 g/mol. The van der Waals surface area contributed by atoms with Gasteiger partial charge >= 0.3 is 11.7 Å². The van der Waals surface area contributed by atoms with Crippen LogP contribution in [-0.2, 0) is 20.6 Å². The zero-order valence-corrected chi connectivity index (χ0v) is 27.4. The zero-order valence-electron chi connectivity index (χ0n) is 25.1. The summed E-state index contributed by atoms with van der Waals surface area (Å²) in [5, 5.41) is 12.7. The van der Waals surface area contributed by atoms with Crippen LogP contribution in [0.15, 0.2) is 51.0 Å². The molecule has 3 aliphatic rings. The van der Waals surface area contributed by atoms with Gasteiger partial charge in [0.2, 0.25) is 0 Å². The molecule has 5 aromatic rings. The summed E-state index contributed by atoms with van der Waals surface area (Å²) in [5.74, 6) is 1.15. The number of thiophene rings is 1. The second-order valence-electron chi connectivity index (χ2n) is 11.2. The number of fused-ring (bicyclic) bond motifs is 3. The summed E-state index contributed by atoms with van der Waals surface area (Å²) < 4.78 is 15.8. The summed E-state index contributed by atoms with van der Waals surface area (Å²) in [5.41, 5.74) is 2.50. The monoisotopic (exact) mass is 675 g/mol. The molecule has 14 heteroatoms. The molecule has 0 atom stereocenters. The van der Waals surface area contributed by atoms with E-state index in [0.717, 1.165) is 41.6 Å². The van der Waals surface area contributed by atoms with Gasteiger partial charge in [-0.2, -0.15) is 10.2 Å². The third kappa shape index (κ3) is 4.95. The minimum atomic E-state index is -0.527. The van der Waals surface area contributed by atoms with Gasteiger partial charge in [-0.05, 0) is 60.2 Å². The molecule has 0 amide bonds. The number of anilines is 1. The van der Waals surface area contributed by atoms with Gasteiger partial charge in [0.05, 0.1) is 24.2 Å². The molecule has 0 saturated carbocycles. The second-order valence-corrected chi connectivity index (χ2v) is 13.1. The topological polar surface area (TPSA) is 120 Å². The number of halogens is 2. The Labute approximate surface area is 277 Å². The summed E-state index contributed by atoms with van der Waals surface area (Å²) in [4.78, 5) is 37.7. The molecule has 0 spiro atoms. The van der Waals surface area contributed by atoms with Gasteiger partial charge in [0.1, 0.15) is 11.1 Å². The van der Waals surface area contributed by atoms with E-state index in [1.165, 1.54) is 23.7 Å². The van der Waals surface area contributed by atoms with Crippen molar-refractivity contribution in [1.82, 2.24) is 18.7 Å². The fourth-order valence-corrected chi connectivity index (χ4v) is 7.86. The highest BCUT2D eigenvalue weighted by Crippen LogP contribution is 2.52. The van der Waals surface area contributed by atoms with Crippen molar-refractivity contribution in [3.05, 3.63) is 89.5 Å². The Kier molecular flexibility index (Phi) is 7.63. The van der Waals surface area contributed by atoms with Crippen LogP contribution in [0.25, 0.3) is 11.2 Å². The summed E-state index contributed by atoms with van der Waals surface area (Å²) in [6, 6.07) is 12.8. The first-order chi connectivity index (χ1) is 22.2. The number of imidazole rings is 1. The van der Waals surface area contributed by atoms with Crippen molar-refractivity contribution in [3.63, 3.8) is 0 Å². The van der Waals surface area contributed by atoms with E-state index < -0.39 is 11.2 Å². The van der Waals surface area contributed by atoms with Crippen molar-refractivity contribution >= 4 is 61.9 Å². The van der Waals surface area contributed by atoms with Crippen molar-refractivity contribution in [1.29, 1.82) is 5.26 Å². The van der Waals surface area contributed by atoms with Crippen LogP contribution in [-0.4, -0.2) is 45.1 Å². The minimum Gasteiger partial charge on any atom is -0.493 e. The number of aromatic nitrogens is 4. The Balaban J connectivity index is 1.26. The summed E-state index contributed by atoms with van der Waals surface area (Å²) in [7, 11) is 4.47. The van der Waals surface area contributed by atoms with Crippen molar-refractivity contribution in [2.45, 2.75) is 25.3 Å². The first-order valence-electron chi connectivity index (χ1n) is 14.5. The number of hydrogen-bond acceptors (Lipinski definition) is 9. The maximum Gasteiger partial charge on any atom is 0.332 e. The number of aliphatic imine (C=N–C) groups is 1. The predicted molar refractivity (Wildman–Crippen MR) is 179 cm³/mol. The normalized spacial score (nSPS) is 14.3. The molecule has 46 heavy (non-hydrogen) atoms. The Morgan fingerprint density at radius 3 is 2.61 bits per heavy atom. The van der Waals surface area contributed by atoms with Gasteiger partial charge in [0, 0.05) is 49.0 Å². The van der Waals surface area contributed by atoms with E-state index >= 15 is 0 Å². The molecule has 2 bridgehead atoms. The van der Waals surface area contributed by atoms with Crippen molar-refractivity contribution < 1.29 is 9.47 Å². The number of ether oxygens (including phenoxy) is 2. The molecular formula is C32H27Cl2N7O4S. The molecule has 6 heterocycles. The second kappa shape index (κ2) is 11.7. The molecule has 234 valence electrons. The Morgan fingerprint density at radius 1 is 1.11 bits per heavy atom. The number of nitriles is 1. The number of hydrogen-bond donors (Lipinski definition) is 0. The Bertz CT molecular complexity index is 2240. The van der Waals surface area contributed by atoms with Gasteiger partial charge in [0.15, 0.2) is 22.7 Å². The highest BCUT2D eigenvalue weighted by Gasteiger charge is 2.36. The largest absolute Gasteiger partial charge is 0.493 e. The molecule has 3 aliphatic heterocycles. The molecule has 0 N–H and O–H groups in total. The van der Waals surface area contributed by atoms with Crippen LogP contribution < -0.4 is 25.6 Å². The molecule has 0 aliphatic carbocycles. The van der Waals surface area contributed by atoms with Crippen LogP contribution in [0.5, 0.6) is 17.5 Å². The van der Waals surface area contributed by atoms with Gasteiger partial charge < -0.3 is 14.4 Å². The summed E-state index contributed by atoms with van der Waals surface area (Å²) in [6.07, 6.45) is 3.86. The van der Waals surface area contributed by atoms with E-state index in [-0.39, 0.29) is 23.7 Å². The minimum absolute atomic E-state index is 0.0616. The molecule has 2 aromatic carbocycles. The standard InChI is InChI=1S/C32H27Cl2N7O4S/c1-38-27-26(29(42)39(2)32(38)43)41(16-19-5-6-20(33)13-22(19)34)31(37-27)45-23-7-4-17(12-24(23)44-3)15-36-28-21(14-35)25-18-8-10-40(11-9-18)30(25)46-28/h4-7,12-13,15,18H,8-11,16H2,1-3H3/b36-15+. The summed E-state index contributed by atoms with van der Waals surface area (Å²) in [6.45, 7) is 2.17. The lowest BCUT2D eigenvalue weighted by Gasteiger charge is -2.39. The number of rotatable bonds is 7. The molecule has 1 saturated heterocycles. The Morgan fingerprint density at radius 2 is 1.89 bits per heavy atom. The zero-order chi connectivity index (χ0) is 32.3. The highest BCUT2D eigenvalue weighted by molar-refractivity contribution is 7.20. The van der Waals surface area contributed by atoms with Crippen molar-refractivity contribution in [2.75, 3.05) is 25.1 Å². The third-order valence-corrected chi connectivity index (χ3v) is 10.3. The van der Waals surface area contributed by atoms with Crippen LogP contribution in [0.3, 0.4) is 0 Å². The quantitative estimate of drug-likeness (QED) is 0.195. The Hall–Kier alpha value is -4.57. The smallest absolute Gasteiger partial charge is 0.332 e. The fourth-order valence-electron chi connectivity index (χ4n) is 6.16. The summed E-state index contributed by atoms with van der Waals surface area (Å²) >= 11 is 14.2. The lowest BCUT2D eigenvalue weighted by Crippen LogP contribution is -2.37. The van der Waals surface area contributed by atoms with Gasteiger partial charge in [-0.25, -0.2) is 9.79 Å². The maximum atomic E-state index is 13.3. The van der Waals surface area contributed by atoms with Gasteiger partial charge in [-0.15, -0.1) is 0 Å². The highest BCUT2D eigenvalue weighted by atomic mass is 35.5. The van der Waals surface area contributed by atoms with Gasteiger partial charge in [-0.3, -0.25) is 18.5 Å². The SMILES string of the molecule is COc1cc(/C=N/c2sc3c(c2C#N)C2CCN3CC2)ccc1Oc1nc2c(c(=O)n(C)c(=O)n2C)n1Cc1ccc(Cl)cc1Cl. The van der Waals surface area contributed by atoms with Crippen molar-refractivity contribution in [2.24, 2.45) is 19.1 Å². The first kappa shape index (κ1) is 30.1. The van der Waals surface area contributed by atoms with Gasteiger partial charge in [0.25, 0.3) is 5.56 Å². The van der Waals surface area contributed by atoms with E-state index in [2.05, 4.69) is 16.0 Å². The van der Waals surface area contributed by atoms with E-state index in [4.69, 9.17) is 37.7 Å². The molecule has 0 unspecified atom stereocenters. The third-order valence-electron chi connectivity index (χ3n) is 8.59. The van der Waals surface area contributed by atoms with Crippen LogP contribution in [0, 0.1) is 11.3 Å². The van der Waals surface area contributed by atoms with E-state index in [1.807, 2.05) is 6.07 Å². The first-order valence-corrected chi connectivity index (χ1v) is 16.1. The number of piperidine rings is 1. The van der Waals surface area contributed by atoms with Crippen LogP contribution in [0.4, 0.5) is 10.0 Å². The van der Waals surface area contributed by atoms with E-state index in [1.54, 1.807) is 59.5 Å². The molecule has 0 radical (unpaired) electrons. The number of nitrogens with zero attached hydrogens (tertiary/aromatic N) is 7. The average molecular weight is 677 g/mol. The van der Waals surface area contributed by atoms with E-state index in [0.29, 0.717) is 43.6 Å². The maximum absolute atomic E-state index is 13.3. The molecule has 3 aromatic heterocycles. The molecule has 1 fully saturated rings. The van der Waals surface area contributed by atoms with Crippen LogP contribution in [0.1, 0.15) is 41.0 Å². The molecule has 8 rings (SSSR count). The molecule has 11 nitrogen and oxygen atoms in total. The van der Waals surface area contributed by atoms with Crippen molar-refractivity contribution in [3.8, 4) is 23.6 Å². The van der Waals surface area contributed by atoms with Gasteiger partial charge in [-0.1, -0.05) is 40.6 Å².